The highest BCUT2D eigenvalue weighted by atomic mass is 16.6. The van der Waals surface area contributed by atoms with Gasteiger partial charge in [0.1, 0.15) is 16.8 Å². The quantitative estimate of drug-likeness (QED) is 0.370. The van der Waals surface area contributed by atoms with Gasteiger partial charge in [-0.3, -0.25) is 0 Å². The molecule has 9 heteroatoms. The maximum Gasteiger partial charge on any atom is 0.407 e. The Labute approximate surface area is 193 Å². The van der Waals surface area contributed by atoms with Gasteiger partial charge < -0.3 is 30.8 Å². The van der Waals surface area contributed by atoms with E-state index in [9.17, 15) is 9.90 Å². The number of H-pyrrole nitrogens is 1. The lowest BCUT2D eigenvalue weighted by Crippen LogP contribution is -2.50. The second kappa shape index (κ2) is 9.17. The molecule has 0 bridgehead atoms. The molecule has 5 N–H and O–H groups in total. The summed E-state index contributed by atoms with van der Waals surface area (Å²) in [6.45, 7) is 7.56. The molecular formula is C24H32N6O3. The number of rotatable bonds is 5. The highest BCUT2D eigenvalue weighted by Crippen LogP contribution is 2.32. The summed E-state index contributed by atoms with van der Waals surface area (Å²) in [6.07, 6.45) is 5.03. The van der Waals surface area contributed by atoms with E-state index in [1.54, 1.807) is 6.20 Å². The van der Waals surface area contributed by atoms with E-state index in [0.717, 1.165) is 36.9 Å². The van der Waals surface area contributed by atoms with Crippen molar-refractivity contribution in [1.29, 1.82) is 0 Å². The van der Waals surface area contributed by atoms with Gasteiger partial charge in [-0.2, -0.15) is 4.98 Å². The Balaban J connectivity index is 1.57. The minimum absolute atomic E-state index is 0.00818. The maximum atomic E-state index is 12.4. The highest BCUT2D eigenvalue weighted by Gasteiger charge is 2.29. The van der Waals surface area contributed by atoms with Gasteiger partial charge in [-0.1, -0.05) is 25.0 Å². The molecule has 0 spiro atoms. The SMILES string of the molecule is Cc1cccc(Nc2nc(N[C@@H]3CCCC[C@@H]3NC(=O)OC(C)(C)C)nc3c[nH]c(O)c23)c1. The first-order valence-electron chi connectivity index (χ1n) is 11.4. The Bertz CT molecular complexity index is 1140. The molecule has 1 amide bonds. The number of hydrogen-bond acceptors (Lipinski definition) is 7. The summed E-state index contributed by atoms with van der Waals surface area (Å²) >= 11 is 0. The molecule has 1 aliphatic carbocycles. The average Bonchev–Trinajstić information content (AvgIpc) is 3.09. The third-order valence-corrected chi connectivity index (χ3v) is 5.58. The number of carbonyl (C=O) groups excluding carboxylic acids is 1. The van der Waals surface area contributed by atoms with E-state index in [-0.39, 0.29) is 18.0 Å². The highest BCUT2D eigenvalue weighted by molar-refractivity contribution is 5.96. The van der Waals surface area contributed by atoms with E-state index in [1.165, 1.54) is 0 Å². The van der Waals surface area contributed by atoms with Crippen molar-refractivity contribution in [1.82, 2.24) is 20.3 Å². The van der Waals surface area contributed by atoms with Gasteiger partial charge in [0.2, 0.25) is 11.8 Å². The molecule has 1 aliphatic rings. The number of aryl methyl sites for hydroxylation is 1. The first-order valence-corrected chi connectivity index (χ1v) is 11.4. The fourth-order valence-electron chi connectivity index (χ4n) is 4.14. The number of aromatic amines is 1. The summed E-state index contributed by atoms with van der Waals surface area (Å²) in [4.78, 5) is 24.4. The van der Waals surface area contributed by atoms with Crippen LogP contribution in [0.3, 0.4) is 0 Å². The molecule has 33 heavy (non-hydrogen) atoms. The second-order valence-electron chi connectivity index (χ2n) is 9.58. The zero-order chi connectivity index (χ0) is 23.6. The number of nitrogens with zero attached hydrogens (tertiary/aromatic N) is 2. The minimum Gasteiger partial charge on any atom is -0.494 e. The average molecular weight is 453 g/mol. The number of hydrogen-bond donors (Lipinski definition) is 5. The lowest BCUT2D eigenvalue weighted by Gasteiger charge is -2.33. The molecule has 2 heterocycles. The first-order chi connectivity index (χ1) is 15.7. The number of alkyl carbamates (subject to hydrolysis) is 1. The summed E-state index contributed by atoms with van der Waals surface area (Å²) in [7, 11) is 0. The zero-order valence-corrected chi connectivity index (χ0v) is 19.5. The molecule has 0 aliphatic heterocycles. The summed E-state index contributed by atoms with van der Waals surface area (Å²) in [5.74, 6) is 0.938. The van der Waals surface area contributed by atoms with Crippen molar-refractivity contribution in [2.75, 3.05) is 10.6 Å². The van der Waals surface area contributed by atoms with Gasteiger partial charge in [0, 0.05) is 17.9 Å². The number of carbonyl (C=O) groups is 1. The third-order valence-electron chi connectivity index (χ3n) is 5.58. The fraction of sp³-hybridized carbons (Fsp3) is 0.458. The number of anilines is 3. The molecule has 1 aromatic carbocycles. The molecule has 0 radical (unpaired) electrons. The second-order valence-corrected chi connectivity index (χ2v) is 9.58. The van der Waals surface area contributed by atoms with Crippen molar-refractivity contribution in [3.63, 3.8) is 0 Å². The van der Waals surface area contributed by atoms with E-state index < -0.39 is 11.7 Å². The number of benzene rings is 1. The molecule has 2 atom stereocenters. The summed E-state index contributed by atoms with van der Waals surface area (Å²) in [5, 5.41) is 20.6. The van der Waals surface area contributed by atoms with Gasteiger partial charge in [0.15, 0.2) is 0 Å². The number of ether oxygens (including phenoxy) is 1. The van der Waals surface area contributed by atoms with Crippen molar-refractivity contribution in [2.45, 2.75) is 71.1 Å². The number of aromatic hydroxyl groups is 1. The van der Waals surface area contributed by atoms with Crippen LogP contribution in [-0.2, 0) is 4.74 Å². The Kier molecular flexibility index (Phi) is 6.31. The van der Waals surface area contributed by atoms with Crippen LogP contribution in [0.25, 0.3) is 10.9 Å². The van der Waals surface area contributed by atoms with E-state index in [2.05, 4.69) is 30.9 Å². The predicted molar refractivity (Wildman–Crippen MR) is 129 cm³/mol. The Morgan fingerprint density at radius 3 is 2.67 bits per heavy atom. The number of fused-ring (bicyclic) bond motifs is 1. The van der Waals surface area contributed by atoms with Crippen LogP contribution in [0.5, 0.6) is 5.88 Å². The predicted octanol–water partition coefficient (Wildman–Crippen LogP) is 4.96. The van der Waals surface area contributed by atoms with E-state index >= 15 is 0 Å². The van der Waals surface area contributed by atoms with Crippen LogP contribution < -0.4 is 16.0 Å². The fourth-order valence-corrected chi connectivity index (χ4v) is 4.14. The van der Waals surface area contributed by atoms with E-state index in [1.807, 2.05) is 52.0 Å². The van der Waals surface area contributed by atoms with Gasteiger partial charge in [0.25, 0.3) is 0 Å². The van der Waals surface area contributed by atoms with Gasteiger partial charge >= 0.3 is 6.09 Å². The van der Waals surface area contributed by atoms with Gasteiger partial charge in [-0.25, -0.2) is 9.78 Å². The van der Waals surface area contributed by atoms with Gasteiger partial charge in [0.05, 0.1) is 11.6 Å². The third kappa shape index (κ3) is 5.66. The van der Waals surface area contributed by atoms with Crippen molar-refractivity contribution < 1.29 is 14.6 Å². The molecule has 0 unspecified atom stereocenters. The molecular weight excluding hydrogens is 420 g/mol. The monoisotopic (exact) mass is 452 g/mol. The van der Waals surface area contributed by atoms with Crippen molar-refractivity contribution in [3.05, 3.63) is 36.0 Å². The standard InChI is InChI=1S/C24H32N6O3/c1-14-8-7-9-15(12-14)26-20-19-18(13-25-21(19)31)28-22(30-20)27-16-10-5-6-11-17(16)29-23(32)33-24(2,3)4/h7-9,12-13,16-17,25,31H,5-6,10-11H2,1-4H3,(H,29,32)(H2,26,27,28,30)/t16-,17+/m1/s1. The molecule has 2 aromatic heterocycles. The molecule has 1 saturated carbocycles. The lowest BCUT2D eigenvalue weighted by atomic mass is 9.90. The van der Waals surface area contributed by atoms with E-state index in [0.29, 0.717) is 22.7 Å². The largest absolute Gasteiger partial charge is 0.494 e. The topological polar surface area (TPSA) is 124 Å². The van der Waals surface area contributed by atoms with Gasteiger partial charge in [-0.05, 0) is 58.2 Å². The van der Waals surface area contributed by atoms with Crippen LogP contribution in [0, 0.1) is 6.92 Å². The Hall–Kier alpha value is -3.49. The lowest BCUT2D eigenvalue weighted by molar-refractivity contribution is 0.0488. The molecule has 1 fully saturated rings. The van der Waals surface area contributed by atoms with E-state index in [4.69, 9.17) is 4.74 Å². The van der Waals surface area contributed by atoms with Crippen LogP contribution in [0.15, 0.2) is 30.5 Å². The smallest absolute Gasteiger partial charge is 0.407 e. The number of nitrogens with one attached hydrogen (secondary N) is 4. The normalized spacial score (nSPS) is 18.7. The molecule has 4 rings (SSSR count). The number of amides is 1. The minimum atomic E-state index is -0.553. The Morgan fingerprint density at radius 1 is 1.18 bits per heavy atom. The van der Waals surface area contributed by atoms with Crippen LogP contribution in [0.4, 0.5) is 22.2 Å². The number of aromatic nitrogens is 3. The summed E-state index contributed by atoms with van der Waals surface area (Å²) < 4.78 is 5.44. The summed E-state index contributed by atoms with van der Waals surface area (Å²) in [6, 6.07) is 7.79. The first kappa shape index (κ1) is 22.7. The van der Waals surface area contributed by atoms with Crippen LogP contribution in [-0.4, -0.2) is 43.8 Å². The van der Waals surface area contributed by atoms with Crippen molar-refractivity contribution in [2.24, 2.45) is 0 Å². The zero-order valence-electron chi connectivity index (χ0n) is 19.5. The van der Waals surface area contributed by atoms with Crippen LogP contribution >= 0.6 is 0 Å². The van der Waals surface area contributed by atoms with Crippen molar-refractivity contribution in [3.8, 4) is 5.88 Å². The summed E-state index contributed by atoms with van der Waals surface area (Å²) in [5.41, 5.74) is 2.01. The maximum absolute atomic E-state index is 12.4. The molecule has 3 aromatic rings. The van der Waals surface area contributed by atoms with Crippen LogP contribution in [0.1, 0.15) is 52.0 Å². The molecule has 0 saturated heterocycles. The molecule has 9 nitrogen and oxygen atoms in total. The van der Waals surface area contributed by atoms with Crippen molar-refractivity contribution >= 4 is 34.4 Å². The molecule has 176 valence electrons. The van der Waals surface area contributed by atoms with Gasteiger partial charge in [-0.15, -0.1) is 0 Å². The van der Waals surface area contributed by atoms with Crippen LogP contribution in [0.2, 0.25) is 0 Å². The Morgan fingerprint density at radius 2 is 1.94 bits per heavy atom.